The molecule has 92 valence electrons. The molecule has 6 heteroatoms. The first-order valence-corrected chi connectivity index (χ1v) is 5.21. The summed E-state index contributed by atoms with van der Waals surface area (Å²) in [6, 6.07) is 9.74. The van der Waals surface area contributed by atoms with E-state index in [-0.39, 0.29) is 17.4 Å². The van der Waals surface area contributed by atoms with Crippen molar-refractivity contribution in [2.24, 2.45) is 0 Å². The van der Waals surface area contributed by atoms with Gasteiger partial charge in [0.25, 0.3) is 0 Å². The van der Waals surface area contributed by atoms with E-state index in [1.807, 2.05) is 19.1 Å². The predicted octanol–water partition coefficient (Wildman–Crippen LogP) is 2.67. The molecule has 1 aromatic carbocycles. The summed E-state index contributed by atoms with van der Waals surface area (Å²) in [5, 5.41) is 10.8. The smallest absolute Gasteiger partial charge is 0.331 e. The van der Waals surface area contributed by atoms with Crippen LogP contribution < -0.4 is 10.5 Å². The number of ether oxygens (including phenoxy) is 1. The van der Waals surface area contributed by atoms with Crippen molar-refractivity contribution in [1.29, 1.82) is 0 Å². The van der Waals surface area contributed by atoms with Gasteiger partial charge in [-0.2, -0.15) is 4.98 Å². The molecule has 0 saturated heterocycles. The minimum absolute atomic E-state index is 0.108. The zero-order valence-corrected chi connectivity index (χ0v) is 9.66. The molecule has 0 bridgehead atoms. The number of anilines is 1. The number of benzene rings is 1. The van der Waals surface area contributed by atoms with E-state index in [9.17, 15) is 10.1 Å². The lowest BCUT2D eigenvalue weighted by Crippen LogP contribution is -1.98. The molecule has 0 aliphatic rings. The topological polar surface area (TPSA) is 91.3 Å². The van der Waals surface area contributed by atoms with Gasteiger partial charge in [0, 0.05) is 6.07 Å². The molecule has 0 radical (unpaired) electrons. The highest BCUT2D eigenvalue weighted by Crippen LogP contribution is 2.29. The third-order valence-corrected chi connectivity index (χ3v) is 2.29. The Morgan fingerprint density at radius 1 is 1.22 bits per heavy atom. The van der Waals surface area contributed by atoms with E-state index < -0.39 is 4.92 Å². The van der Waals surface area contributed by atoms with Crippen LogP contribution >= 0.6 is 0 Å². The van der Waals surface area contributed by atoms with Gasteiger partial charge in [0.15, 0.2) is 0 Å². The van der Waals surface area contributed by atoms with Gasteiger partial charge in [0.1, 0.15) is 11.6 Å². The number of rotatable bonds is 3. The van der Waals surface area contributed by atoms with E-state index in [0.717, 1.165) is 5.56 Å². The third kappa shape index (κ3) is 2.54. The maximum atomic E-state index is 10.8. The van der Waals surface area contributed by atoms with Crippen LogP contribution in [0.3, 0.4) is 0 Å². The second-order valence-corrected chi connectivity index (χ2v) is 3.73. The number of hydrogen-bond donors (Lipinski definition) is 1. The number of nitrogens with two attached hydrogens (primary N) is 1. The highest BCUT2D eigenvalue weighted by atomic mass is 16.6. The number of aryl methyl sites for hydroxylation is 1. The Balaban J connectivity index is 2.35. The van der Waals surface area contributed by atoms with Crippen LogP contribution in [-0.4, -0.2) is 9.91 Å². The molecule has 2 rings (SSSR count). The van der Waals surface area contributed by atoms with Gasteiger partial charge >= 0.3 is 11.6 Å². The monoisotopic (exact) mass is 245 g/mol. The molecule has 0 unspecified atom stereocenters. The zero-order valence-electron chi connectivity index (χ0n) is 9.66. The van der Waals surface area contributed by atoms with Gasteiger partial charge in [0.2, 0.25) is 0 Å². The Labute approximate surface area is 103 Å². The average Bonchev–Trinajstić information content (AvgIpc) is 2.32. The Morgan fingerprint density at radius 2 is 1.89 bits per heavy atom. The molecule has 1 aromatic heterocycles. The Kier molecular flexibility index (Phi) is 3.09. The number of nitrogen functional groups attached to an aromatic ring is 1. The average molecular weight is 245 g/mol. The molecule has 0 aliphatic heterocycles. The summed E-state index contributed by atoms with van der Waals surface area (Å²) in [5.74, 6) is 0.536. The van der Waals surface area contributed by atoms with Gasteiger partial charge in [-0.05, 0) is 25.1 Å². The fourth-order valence-corrected chi connectivity index (χ4v) is 1.38. The van der Waals surface area contributed by atoms with Crippen molar-refractivity contribution in [1.82, 2.24) is 4.98 Å². The molecule has 0 amide bonds. The molecule has 0 atom stereocenters. The number of nitrogens with zero attached hydrogens (tertiary/aromatic N) is 2. The summed E-state index contributed by atoms with van der Waals surface area (Å²) >= 11 is 0. The van der Waals surface area contributed by atoms with Gasteiger partial charge in [-0.25, -0.2) is 0 Å². The number of hydrogen-bond acceptors (Lipinski definition) is 5. The van der Waals surface area contributed by atoms with E-state index in [0.29, 0.717) is 5.75 Å². The van der Waals surface area contributed by atoms with E-state index in [2.05, 4.69) is 4.98 Å². The first-order valence-electron chi connectivity index (χ1n) is 5.21. The van der Waals surface area contributed by atoms with Crippen LogP contribution in [0.25, 0.3) is 0 Å². The molecule has 0 fully saturated rings. The van der Waals surface area contributed by atoms with Crippen molar-refractivity contribution in [2.45, 2.75) is 6.92 Å². The molecule has 6 nitrogen and oxygen atoms in total. The lowest BCUT2D eigenvalue weighted by atomic mass is 10.2. The molecule has 2 aromatic rings. The summed E-state index contributed by atoms with van der Waals surface area (Å²) in [6.45, 7) is 1.94. The summed E-state index contributed by atoms with van der Waals surface area (Å²) in [4.78, 5) is 14.1. The lowest BCUT2D eigenvalue weighted by Gasteiger charge is -2.06. The maximum absolute atomic E-state index is 10.8. The minimum atomic E-state index is -0.560. The normalized spacial score (nSPS) is 10.1. The highest BCUT2D eigenvalue weighted by molar-refractivity contribution is 5.48. The predicted molar refractivity (Wildman–Crippen MR) is 66.6 cm³/mol. The molecule has 2 N–H and O–H groups in total. The van der Waals surface area contributed by atoms with Crippen LogP contribution in [0.5, 0.6) is 11.6 Å². The van der Waals surface area contributed by atoms with Crippen LogP contribution in [0.1, 0.15) is 5.56 Å². The van der Waals surface area contributed by atoms with Crippen molar-refractivity contribution in [3.63, 3.8) is 0 Å². The maximum Gasteiger partial charge on any atom is 0.331 e. The second-order valence-electron chi connectivity index (χ2n) is 3.73. The molecule has 18 heavy (non-hydrogen) atoms. The first kappa shape index (κ1) is 11.8. The molecule has 1 heterocycles. The van der Waals surface area contributed by atoms with Crippen LogP contribution in [-0.2, 0) is 0 Å². The molecule has 0 spiro atoms. The molecular formula is C12H11N3O3. The van der Waals surface area contributed by atoms with Crippen LogP contribution in [0.15, 0.2) is 36.4 Å². The summed E-state index contributed by atoms with van der Waals surface area (Å²) in [7, 11) is 0. The fraction of sp³-hybridized carbons (Fsp3) is 0.0833. The SMILES string of the molecule is Cc1ccc(Oc2nc(N)ccc2[N+](=O)[O-])cc1. The van der Waals surface area contributed by atoms with Gasteiger partial charge in [-0.3, -0.25) is 10.1 Å². The van der Waals surface area contributed by atoms with Gasteiger partial charge in [-0.1, -0.05) is 17.7 Å². The van der Waals surface area contributed by atoms with Crippen molar-refractivity contribution in [3.8, 4) is 11.6 Å². The number of pyridine rings is 1. The molecule has 0 aliphatic carbocycles. The van der Waals surface area contributed by atoms with E-state index in [4.69, 9.17) is 10.5 Å². The van der Waals surface area contributed by atoms with E-state index in [1.54, 1.807) is 12.1 Å². The third-order valence-electron chi connectivity index (χ3n) is 2.29. The number of aromatic nitrogens is 1. The Hall–Kier alpha value is -2.63. The quantitative estimate of drug-likeness (QED) is 0.663. The fourth-order valence-electron chi connectivity index (χ4n) is 1.38. The standard InChI is InChI=1S/C12H11N3O3/c1-8-2-4-9(5-3-8)18-12-10(15(16)17)6-7-11(13)14-12/h2-7H,1H3,(H2,13,14). The van der Waals surface area contributed by atoms with Crippen molar-refractivity contribution < 1.29 is 9.66 Å². The van der Waals surface area contributed by atoms with Crippen molar-refractivity contribution >= 4 is 11.5 Å². The van der Waals surface area contributed by atoms with Gasteiger partial charge in [0.05, 0.1) is 4.92 Å². The summed E-state index contributed by atoms with van der Waals surface area (Å²) in [6.07, 6.45) is 0. The van der Waals surface area contributed by atoms with Gasteiger partial charge < -0.3 is 10.5 Å². The van der Waals surface area contributed by atoms with Crippen molar-refractivity contribution in [2.75, 3.05) is 5.73 Å². The van der Waals surface area contributed by atoms with Crippen LogP contribution in [0.2, 0.25) is 0 Å². The van der Waals surface area contributed by atoms with E-state index in [1.165, 1.54) is 12.1 Å². The molecule has 0 saturated carbocycles. The van der Waals surface area contributed by atoms with Crippen LogP contribution in [0, 0.1) is 17.0 Å². The van der Waals surface area contributed by atoms with Gasteiger partial charge in [-0.15, -0.1) is 0 Å². The zero-order chi connectivity index (χ0) is 13.1. The lowest BCUT2D eigenvalue weighted by molar-refractivity contribution is -0.386. The second kappa shape index (κ2) is 4.70. The highest BCUT2D eigenvalue weighted by Gasteiger charge is 2.17. The minimum Gasteiger partial charge on any atom is -0.434 e. The van der Waals surface area contributed by atoms with Crippen molar-refractivity contribution in [3.05, 3.63) is 52.1 Å². The number of nitro groups is 1. The van der Waals surface area contributed by atoms with E-state index >= 15 is 0 Å². The first-order chi connectivity index (χ1) is 8.56. The summed E-state index contributed by atoms with van der Waals surface area (Å²) < 4.78 is 5.37. The largest absolute Gasteiger partial charge is 0.434 e. The van der Waals surface area contributed by atoms with Crippen LogP contribution in [0.4, 0.5) is 11.5 Å². The Morgan fingerprint density at radius 3 is 2.50 bits per heavy atom. The summed E-state index contributed by atoms with van der Waals surface area (Å²) in [5.41, 5.74) is 6.34. The molecular weight excluding hydrogens is 234 g/mol. The Bertz CT molecular complexity index is 582.